The van der Waals surface area contributed by atoms with Gasteiger partial charge in [-0.15, -0.1) is 0 Å². The molecule has 256 valence electrons. The molecule has 0 N–H and O–H groups in total. The summed E-state index contributed by atoms with van der Waals surface area (Å²) in [6.07, 6.45) is 0. The molecule has 7 aromatic carbocycles. The lowest BCUT2D eigenvalue weighted by molar-refractivity contribution is 1.06. The van der Waals surface area contributed by atoms with Crippen LogP contribution in [0.2, 0.25) is 0 Å². The van der Waals surface area contributed by atoms with Gasteiger partial charge in [-0.3, -0.25) is 0 Å². The van der Waals surface area contributed by atoms with Crippen molar-refractivity contribution in [3.8, 4) is 78.9 Å². The molecule has 0 aliphatic heterocycles. The lowest BCUT2D eigenvalue weighted by Gasteiger charge is -2.14. The van der Waals surface area contributed by atoms with E-state index in [1.165, 1.54) is 5.39 Å². The number of hydrogen-bond acceptors (Lipinski definition) is 5. The van der Waals surface area contributed by atoms with Crippen LogP contribution in [0.25, 0.3) is 89.7 Å². The zero-order chi connectivity index (χ0) is 36.4. The van der Waals surface area contributed by atoms with Gasteiger partial charge in [0, 0.05) is 33.6 Å². The third-order valence-corrected chi connectivity index (χ3v) is 9.62. The SMILES string of the molecule is Cc1cc(C)nc(-c2cc(-c3nc(-c4cccc(-c5ccccc5)c4)nc(-c4cccc(-c5ccccc5)c4)n3)cc(-c3cccc4ccccc34)c2)n1. The van der Waals surface area contributed by atoms with Crippen LogP contribution in [0.15, 0.2) is 176 Å². The minimum Gasteiger partial charge on any atom is -0.233 e. The van der Waals surface area contributed by atoms with Crippen LogP contribution < -0.4 is 0 Å². The highest BCUT2D eigenvalue weighted by Crippen LogP contribution is 2.36. The van der Waals surface area contributed by atoms with E-state index < -0.39 is 0 Å². The Hall–Kier alpha value is -7.11. The molecule has 0 amide bonds. The summed E-state index contributed by atoms with van der Waals surface area (Å²) in [4.78, 5) is 25.3. The van der Waals surface area contributed by atoms with Crippen molar-refractivity contribution in [1.29, 1.82) is 0 Å². The molecule has 0 atom stereocenters. The fraction of sp³-hybridized carbons (Fsp3) is 0.0408. The third kappa shape index (κ3) is 6.67. The van der Waals surface area contributed by atoms with E-state index in [0.717, 1.165) is 72.4 Å². The number of rotatable bonds is 7. The Bertz CT molecular complexity index is 2670. The minimum absolute atomic E-state index is 0.568. The van der Waals surface area contributed by atoms with Crippen molar-refractivity contribution in [1.82, 2.24) is 24.9 Å². The number of benzene rings is 7. The predicted octanol–water partition coefficient (Wildman–Crippen LogP) is 12.1. The summed E-state index contributed by atoms with van der Waals surface area (Å²) in [5.41, 5.74) is 12.0. The fourth-order valence-electron chi connectivity index (χ4n) is 7.07. The van der Waals surface area contributed by atoms with Crippen molar-refractivity contribution < 1.29 is 0 Å². The van der Waals surface area contributed by atoms with Gasteiger partial charge in [-0.2, -0.15) is 0 Å². The van der Waals surface area contributed by atoms with E-state index in [0.29, 0.717) is 23.3 Å². The molecule has 0 aliphatic carbocycles. The van der Waals surface area contributed by atoms with Gasteiger partial charge in [-0.1, -0.05) is 140 Å². The topological polar surface area (TPSA) is 64.5 Å². The standard InChI is InChI=1S/C49H35N5/c1-32-26-33(2)51-48(50-32)42-29-41(45-25-13-19-36-18-9-10-24-44(36)45)30-43(31-42)49-53-46(39-22-11-20-37(27-39)34-14-5-3-6-15-34)52-47(54-49)40-23-12-21-38(28-40)35-16-7-4-8-17-35/h3-31H,1-2H3. The van der Waals surface area contributed by atoms with Gasteiger partial charge >= 0.3 is 0 Å². The third-order valence-electron chi connectivity index (χ3n) is 9.62. The Balaban J connectivity index is 1.28. The molecule has 0 fully saturated rings. The zero-order valence-corrected chi connectivity index (χ0v) is 30.0. The molecule has 0 saturated heterocycles. The summed E-state index contributed by atoms with van der Waals surface area (Å²) >= 11 is 0. The van der Waals surface area contributed by atoms with Crippen molar-refractivity contribution in [2.45, 2.75) is 13.8 Å². The molecule has 0 spiro atoms. The van der Waals surface area contributed by atoms with Gasteiger partial charge in [0.1, 0.15) is 0 Å². The molecule has 0 radical (unpaired) electrons. The largest absolute Gasteiger partial charge is 0.233 e. The number of hydrogen-bond donors (Lipinski definition) is 0. The van der Waals surface area contributed by atoms with Crippen LogP contribution >= 0.6 is 0 Å². The monoisotopic (exact) mass is 693 g/mol. The van der Waals surface area contributed by atoms with Crippen LogP contribution in [0.3, 0.4) is 0 Å². The molecule has 54 heavy (non-hydrogen) atoms. The highest BCUT2D eigenvalue weighted by atomic mass is 15.0. The number of aromatic nitrogens is 5. The van der Waals surface area contributed by atoms with Crippen LogP contribution in [0.1, 0.15) is 11.4 Å². The predicted molar refractivity (Wildman–Crippen MR) is 220 cm³/mol. The van der Waals surface area contributed by atoms with E-state index in [4.69, 9.17) is 24.9 Å². The molecule has 9 aromatic rings. The number of fused-ring (bicyclic) bond motifs is 1. The van der Waals surface area contributed by atoms with Gasteiger partial charge in [-0.05, 0) is 94.4 Å². The van der Waals surface area contributed by atoms with Crippen molar-refractivity contribution in [2.24, 2.45) is 0 Å². The first-order chi connectivity index (χ1) is 26.5. The van der Waals surface area contributed by atoms with E-state index in [2.05, 4.69) is 158 Å². The Morgan fingerprint density at radius 1 is 0.278 bits per heavy atom. The van der Waals surface area contributed by atoms with Crippen molar-refractivity contribution >= 4 is 10.8 Å². The maximum absolute atomic E-state index is 5.22. The van der Waals surface area contributed by atoms with Gasteiger partial charge in [-0.25, -0.2) is 24.9 Å². The summed E-state index contributed by atoms with van der Waals surface area (Å²) in [5, 5.41) is 2.34. The Morgan fingerprint density at radius 2 is 0.667 bits per heavy atom. The fourth-order valence-corrected chi connectivity index (χ4v) is 7.07. The van der Waals surface area contributed by atoms with Gasteiger partial charge in [0.2, 0.25) is 0 Å². The van der Waals surface area contributed by atoms with Crippen LogP contribution in [0.4, 0.5) is 0 Å². The van der Waals surface area contributed by atoms with Crippen molar-refractivity contribution in [2.75, 3.05) is 0 Å². The maximum atomic E-state index is 5.22. The summed E-state index contributed by atoms with van der Waals surface area (Å²) in [6, 6.07) is 60.9. The second kappa shape index (κ2) is 14.1. The van der Waals surface area contributed by atoms with Gasteiger partial charge in [0.25, 0.3) is 0 Å². The van der Waals surface area contributed by atoms with E-state index in [9.17, 15) is 0 Å². The maximum Gasteiger partial charge on any atom is 0.164 e. The number of nitrogens with zero attached hydrogens (tertiary/aromatic N) is 5. The molecule has 0 unspecified atom stereocenters. The number of aryl methyl sites for hydroxylation is 2. The Labute approximate surface area is 314 Å². The highest BCUT2D eigenvalue weighted by Gasteiger charge is 2.17. The van der Waals surface area contributed by atoms with Crippen LogP contribution in [-0.2, 0) is 0 Å². The van der Waals surface area contributed by atoms with E-state index in [-0.39, 0.29) is 0 Å². The lowest BCUT2D eigenvalue weighted by atomic mass is 9.94. The Kier molecular flexibility index (Phi) is 8.58. The average Bonchev–Trinajstić information content (AvgIpc) is 3.23. The normalized spacial score (nSPS) is 11.1. The van der Waals surface area contributed by atoms with Gasteiger partial charge in [0.05, 0.1) is 0 Å². The molecular formula is C49H35N5. The van der Waals surface area contributed by atoms with Crippen LogP contribution in [0, 0.1) is 13.8 Å². The van der Waals surface area contributed by atoms with Gasteiger partial charge < -0.3 is 0 Å². The molecule has 5 nitrogen and oxygen atoms in total. The first-order valence-electron chi connectivity index (χ1n) is 18.1. The van der Waals surface area contributed by atoms with Crippen molar-refractivity contribution in [3.63, 3.8) is 0 Å². The summed E-state index contributed by atoms with van der Waals surface area (Å²) in [7, 11) is 0. The summed E-state index contributed by atoms with van der Waals surface area (Å²) in [5.74, 6) is 2.42. The first-order valence-corrected chi connectivity index (χ1v) is 18.1. The molecule has 5 heteroatoms. The van der Waals surface area contributed by atoms with Crippen LogP contribution in [0.5, 0.6) is 0 Å². The second-order valence-electron chi connectivity index (χ2n) is 13.5. The Morgan fingerprint density at radius 3 is 1.24 bits per heavy atom. The molecule has 2 aromatic heterocycles. The minimum atomic E-state index is 0.568. The summed E-state index contributed by atoms with van der Waals surface area (Å²) < 4.78 is 0. The molecule has 9 rings (SSSR count). The first kappa shape index (κ1) is 32.8. The van der Waals surface area contributed by atoms with Crippen molar-refractivity contribution in [3.05, 3.63) is 187 Å². The quantitative estimate of drug-likeness (QED) is 0.166. The zero-order valence-electron chi connectivity index (χ0n) is 30.0. The molecule has 0 saturated carbocycles. The second-order valence-corrected chi connectivity index (χ2v) is 13.5. The summed E-state index contributed by atoms with van der Waals surface area (Å²) in [6.45, 7) is 4.01. The lowest BCUT2D eigenvalue weighted by Crippen LogP contribution is -2.01. The highest BCUT2D eigenvalue weighted by molar-refractivity contribution is 5.98. The molecule has 0 bridgehead atoms. The molecule has 2 heterocycles. The van der Waals surface area contributed by atoms with Crippen LogP contribution in [-0.4, -0.2) is 24.9 Å². The van der Waals surface area contributed by atoms with E-state index in [1.807, 2.05) is 32.0 Å². The molecular weight excluding hydrogens is 659 g/mol. The average molecular weight is 694 g/mol. The van der Waals surface area contributed by atoms with Gasteiger partial charge in [0.15, 0.2) is 23.3 Å². The van der Waals surface area contributed by atoms with E-state index >= 15 is 0 Å². The smallest absolute Gasteiger partial charge is 0.164 e. The van der Waals surface area contributed by atoms with E-state index in [1.54, 1.807) is 0 Å². The molecule has 0 aliphatic rings.